The second kappa shape index (κ2) is 7.64. The number of anilines is 2. The summed E-state index contributed by atoms with van der Waals surface area (Å²) in [5.74, 6) is -0.306. The summed E-state index contributed by atoms with van der Waals surface area (Å²) in [7, 11) is 0. The van der Waals surface area contributed by atoms with Crippen LogP contribution in [0.25, 0.3) is 0 Å². The van der Waals surface area contributed by atoms with Crippen molar-refractivity contribution in [3.8, 4) is 0 Å². The lowest BCUT2D eigenvalue weighted by molar-refractivity contribution is 0.0974. The van der Waals surface area contributed by atoms with Crippen LogP contribution in [0.5, 0.6) is 0 Å². The Labute approximate surface area is 168 Å². The quantitative estimate of drug-likeness (QED) is 0.584. The number of nitrogens with zero attached hydrogens (tertiary/aromatic N) is 1. The predicted molar refractivity (Wildman–Crippen MR) is 112 cm³/mol. The number of hydrogen-bond acceptors (Lipinski definition) is 2. The zero-order valence-corrected chi connectivity index (χ0v) is 16.2. The van der Waals surface area contributed by atoms with Crippen LogP contribution in [0.2, 0.25) is 5.02 Å². The average molecular weight is 395 g/mol. The molecule has 1 aliphatic heterocycles. The Morgan fingerprint density at radius 1 is 1.04 bits per heavy atom. The lowest BCUT2D eigenvalue weighted by atomic mass is 9.90. The Hall–Kier alpha value is -2.85. The molecule has 0 aromatic heterocycles. The van der Waals surface area contributed by atoms with E-state index in [0.29, 0.717) is 10.6 Å². The fourth-order valence-electron chi connectivity index (χ4n) is 3.74. The lowest BCUT2D eigenvalue weighted by Crippen LogP contribution is -2.44. The third-order valence-corrected chi connectivity index (χ3v) is 5.34. The zero-order valence-electron chi connectivity index (χ0n) is 15.4. The molecule has 3 nitrogen and oxygen atoms in total. The summed E-state index contributed by atoms with van der Waals surface area (Å²) in [6.07, 6.45) is 0.744. The largest absolute Gasteiger partial charge is 0.378 e. The number of fused-ring (bicyclic) bond motifs is 1. The molecule has 1 heterocycles. The fraction of sp³-hybridized carbons (Fsp3) is 0.174. The van der Waals surface area contributed by atoms with Crippen molar-refractivity contribution in [1.82, 2.24) is 0 Å². The van der Waals surface area contributed by atoms with E-state index >= 15 is 0 Å². The third-order valence-electron chi connectivity index (χ3n) is 5.08. The minimum atomic E-state index is -0.261. The van der Waals surface area contributed by atoms with Gasteiger partial charge in [0.05, 0.1) is 6.04 Å². The summed E-state index contributed by atoms with van der Waals surface area (Å²) in [6, 6.07) is 21.3. The number of hydrogen-bond donors (Lipinski definition) is 1. The van der Waals surface area contributed by atoms with Gasteiger partial charge in [-0.15, -0.1) is 0 Å². The lowest BCUT2D eigenvalue weighted by Gasteiger charge is -2.40. The fourth-order valence-corrected chi connectivity index (χ4v) is 3.86. The number of rotatable bonds is 3. The van der Waals surface area contributed by atoms with Gasteiger partial charge in [-0.05, 0) is 73.5 Å². The highest BCUT2D eigenvalue weighted by molar-refractivity contribution is 6.30. The summed E-state index contributed by atoms with van der Waals surface area (Å²) in [4.78, 5) is 15.1. The molecular weight excluding hydrogens is 375 g/mol. The highest BCUT2D eigenvalue weighted by atomic mass is 35.5. The second-order valence-electron chi connectivity index (χ2n) is 7.03. The van der Waals surface area contributed by atoms with Crippen molar-refractivity contribution in [3.05, 3.63) is 94.8 Å². The van der Waals surface area contributed by atoms with Crippen molar-refractivity contribution >= 4 is 28.9 Å². The predicted octanol–water partition coefficient (Wildman–Crippen LogP) is 6.07. The molecule has 1 amide bonds. The summed E-state index contributed by atoms with van der Waals surface area (Å²) in [6.45, 7) is 2.04. The highest BCUT2D eigenvalue weighted by Crippen LogP contribution is 2.39. The van der Waals surface area contributed by atoms with Gasteiger partial charge in [0.1, 0.15) is 5.82 Å². The van der Waals surface area contributed by atoms with Gasteiger partial charge in [0.2, 0.25) is 0 Å². The van der Waals surface area contributed by atoms with Crippen LogP contribution in [0.4, 0.5) is 15.8 Å². The Morgan fingerprint density at radius 2 is 1.71 bits per heavy atom. The second-order valence-corrected chi connectivity index (χ2v) is 7.47. The first-order valence-corrected chi connectivity index (χ1v) is 9.61. The number of halogens is 2. The minimum Gasteiger partial charge on any atom is -0.378 e. The number of benzene rings is 3. The average Bonchev–Trinajstić information content (AvgIpc) is 2.70. The van der Waals surface area contributed by atoms with E-state index in [9.17, 15) is 9.18 Å². The molecule has 0 aliphatic carbocycles. The van der Waals surface area contributed by atoms with Gasteiger partial charge in [-0.25, -0.2) is 4.39 Å². The normalized spacial score (nSPS) is 18.5. The Bertz CT molecular complexity index is 988. The molecule has 3 aromatic rings. The van der Waals surface area contributed by atoms with E-state index in [1.165, 1.54) is 12.1 Å². The molecule has 0 unspecified atom stereocenters. The molecule has 0 fully saturated rings. The van der Waals surface area contributed by atoms with E-state index in [4.69, 9.17) is 11.6 Å². The number of nitrogens with one attached hydrogen (secondary N) is 1. The van der Waals surface area contributed by atoms with Gasteiger partial charge in [-0.1, -0.05) is 29.8 Å². The van der Waals surface area contributed by atoms with Gasteiger partial charge < -0.3 is 10.2 Å². The van der Waals surface area contributed by atoms with Crippen LogP contribution < -0.4 is 10.2 Å². The van der Waals surface area contributed by atoms with Gasteiger partial charge in [0, 0.05) is 28.0 Å². The first-order valence-electron chi connectivity index (χ1n) is 9.23. The standard InChI is InChI=1S/C23H20ClFN2O/c1-15-14-21(26-19-12-10-18(25)11-13-19)20-4-2-3-5-22(20)27(15)23(28)16-6-8-17(24)9-7-16/h2-13,15,21,26H,14H2,1H3/t15-,21+/m1/s1. The molecular formula is C23H20ClFN2O. The van der Waals surface area contributed by atoms with Crippen LogP contribution in [0.1, 0.15) is 35.3 Å². The number of amides is 1. The first-order chi connectivity index (χ1) is 13.5. The minimum absolute atomic E-state index is 0.00368. The molecule has 0 saturated carbocycles. The van der Waals surface area contributed by atoms with Gasteiger partial charge in [0.25, 0.3) is 5.91 Å². The van der Waals surface area contributed by atoms with E-state index in [2.05, 4.69) is 5.32 Å². The van der Waals surface area contributed by atoms with Gasteiger partial charge in [-0.3, -0.25) is 4.79 Å². The van der Waals surface area contributed by atoms with Crippen LogP contribution in [0, 0.1) is 5.82 Å². The third kappa shape index (κ3) is 3.60. The number of carbonyl (C=O) groups excluding carboxylic acids is 1. The van der Waals surface area contributed by atoms with Gasteiger partial charge in [-0.2, -0.15) is 0 Å². The first kappa shape index (κ1) is 18.5. The highest BCUT2D eigenvalue weighted by Gasteiger charge is 2.34. The SMILES string of the molecule is C[C@@H]1C[C@H](Nc2ccc(F)cc2)c2ccccc2N1C(=O)c1ccc(Cl)cc1. The van der Waals surface area contributed by atoms with Crippen molar-refractivity contribution in [3.63, 3.8) is 0 Å². The monoisotopic (exact) mass is 394 g/mol. The van der Waals surface area contributed by atoms with Gasteiger partial charge >= 0.3 is 0 Å². The van der Waals surface area contributed by atoms with Crippen LogP contribution in [0.3, 0.4) is 0 Å². The van der Waals surface area contributed by atoms with Crippen molar-refractivity contribution in [2.24, 2.45) is 0 Å². The van der Waals surface area contributed by atoms with Crippen LogP contribution in [-0.4, -0.2) is 11.9 Å². The maximum atomic E-state index is 13.2. The molecule has 5 heteroatoms. The summed E-state index contributed by atoms with van der Waals surface area (Å²) in [5, 5.41) is 4.08. The van der Waals surface area contributed by atoms with E-state index in [1.54, 1.807) is 36.4 Å². The number of para-hydroxylation sites is 1. The Balaban J connectivity index is 1.67. The molecule has 4 rings (SSSR count). The maximum Gasteiger partial charge on any atom is 0.258 e. The topological polar surface area (TPSA) is 32.3 Å². The molecule has 142 valence electrons. The Kier molecular flexibility index (Phi) is 5.05. The zero-order chi connectivity index (χ0) is 19.7. The molecule has 3 aromatic carbocycles. The van der Waals surface area contributed by atoms with Crippen molar-refractivity contribution < 1.29 is 9.18 Å². The van der Waals surface area contributed by atoms with Crippen LogP contribution in [-0.2, 0) is 0 Å². The molecule has 2 atom stereocenters. The molecule has 0 bridgehead atoms. The van der Waals surface area contributed by atoms with E-state index < -0.39 is 0 Å². The molecule has 1 aliphatic rings. The van der Waals surface area contributed by atoms with E-state index in [-0.39, 0.29) is 23.8 Å². The van der Waals surface area contributed by atoms with Crippen molar-refractivity contribution in [1.29, 1.82) is 0 Å². The molecule has 0 radical (unpaired) electrons. The molecule has 28 heavy (non-hydrogen) atoms. The summed E-state index contributed by atoms with van der Waals surface area (Å²) < 4.78 is 13.2. The molecule has 0 spiro atoms. The smallest absolute Gasteiger partial charge is 0.258 e. The van der Waals surface area contributed by atoms with Gasteiger partial charge in [0.15, 0.2) is 0 Å². The van der Waals surface area contributed by atoms with E-state index in [0.717, 1.165) is 23.4 Å². The molecule has 0 saturated heterocycles. The van der Waals surface area contributed by atoms with Crippen molar-refractivity contribution in [2.75, 3.05) is 10.2 Å². The summed E-state index contributed by atoms with van der Waals surface area (Å²) >= 11 is 5.96. The van der Waals surface area contributed by atoms with Crippen molar-refractivity contribution in [2.45, 2.75) is 25.4 Å². The van der Waals surface area contributed by atoms with E-state index in [1.807, 2.05) is 36.1 Å². The Morgan fingerprint density at radius 3 is 2.43 bits per heavy atom. The van der Waals surface area contributed by atoms with Crippen LogP contribution in [0.15, 0.2) is 72.8 Å². The maximum absolute atomic E-state index is 13.2. The van der Waals surface area contributed by atoms with Crippen LogP contribution >= 0.6 is 11.6 Å². The number of carbonyl (C=O) groups is 1. The molecule has 1 N–H and O–H groups in total. The summed E-state index contributed by atoms with van der Waals surface area (Å²) in [5.41, 5.74) is 3.40.